The second kappa shape index (κ2) is 7.81. The number of carbonyl (C=O) groups is 2. The van der Waals surface area contributed by atoms with Gasteiger partial charge in [-0.05, 0) is 46.2 Å². The van der Waals surface area contributed by atoms with Gasteiger partial charge in [-0.15, -0.1) is 0 Å². The molecule has 1 rings (SSSR count). The summed E-state index contributed by atoms with van der Waals surface area (Å²) < 4.78 is 5.67. The third-order valence-corrected chi connectivity index (χ3v) is 3.30. The zero-order valence-corrected chi connectivity index (χ0v) is 13.5. The topological polar surface area (TPSA) is 55.4 Å². The minimum atomic E-state index is -0.634. The minimum absolute atomic E-state index is 0.0688. The molecule has 1 amide bonds. The number of carbonyl (C=O) groups excluding carboxylic acids is 2. The van der Waals surface area contributed by atoms with Gasteiger partial charge in [0.25, 0.3) is 5.91 Å². The van der Waals surface area contributed by atoms with Crippen molar-refractivity contribution in [3.05, 3.63) is 29.3 Å². The molecule has 0 saturated heterocycles. The minimum Gasteiger partial charge on any atom is -0.480 e. The van der Waals surface area contributed by atoms with Crippen molar-refractivity contribution in [2.24, 2.45) is 0 Å². The zero-order chi connectivity index (χ0) is 16.0. The number of rotatable bonds is 7. The first-order valence-corrected chi connectivity index (χ1v) is 7.43. The highest BCUT2D eigenvalue weighted by atomic mass is 16.5. The van der Waals surface area contributed by atoms with Crippen LogP contribution in [0, 0.1) is 6.92 Å². The monoisotopic (exact) mass is 291 g/mol. The smallest absolute Gasteiger partial charge is 0.260 e. The van der Waals surface area contributed by atoms with Crippen molar-refractivity contribution in [3.8, 4) is 5.75 Å². The molecule has 1 N–H and O–H groups in total. The number of Topliss-reactive ketones (excluding diaryl/α,β-unsaturated/α-hetero) is 1. The van der Waals surface area contributed by atoms with Gasteiger partial charge in [-0.25, -0.2) is 0 Å². The Morgan fingerprint density at radius 3 is 2.52 bits per heavy atom. The fourth-order valence-corrected chi connectivity index (χ4v) is 2.13. The van der Waals surface area contributed by atoms with E-state index in [9.17, 15) is 9.59 Å². The van der Waals surface area contributed by atoms with Gasteiger partial charge in [0, 0.05) is 6.04 Å². The van der Waals surface area contributed by atoms with Crippen LogP contribution in [0.5, 0.6) is 5.75 Å². The molecule has 0 aliphatic heterocycles. The molecule has 0 heterocycles. The van der Waals surface area contributed by atoms with E-state index in [0.29, 0.717) is 11.3 Å². The number of ketones is 1. The SMILES string of the molecule is CCCC(C)NC(=O)C(C)Oc1ccc(C)cc1C(C)=O. The van der Waals surface area contributed by atoms with Crippen molar-refractivity contribution < 1.29 is 14.3 Å². The summed E-state index contributed by atoms with van der Waals surface area (Å²) in [5.74, 6) is 0.227. The van der Waals surface area contributed by atoms with Crippen molar-refractivity contribution >= 4 is 11.7 Å². The maximum atomic E-state index is 12.1. The van der Waals surface area contributed by atoms with Crippen molar-refractivity contribution in [2.45, 2.75) is 59.6 Å². The molecule has 116 valence electrons. The molecule has 0 aromatic heterocycles. The first kappa shape index (κ1) is 17.2. The summed E-state index contributed by atoms with van der Waals surface area (Å²) in [6.07, 6.45) is 1.32. The van der Waals surface area contributed by atoms with Gasteiger partial charge in [-0.3, -0.25) is 9.59 Å². The molecule has 0 fully saturated rings. The largest absolute Gasteiger partial charge is 0.480 e. The second-order valence-electron chi connectivity index (χ2n) is 5.51. The van der Waals surface area contributed by atoms with Crippen molar-refractivity contribution in [1.29, 1.82) is 0 Å². The summed E-state index contributed by atoms with van der Waals surface area (Å²) >= 11 is 0. The molecule has 0 bridgehead atoms. The van der Waals surface area contributed by atoms with Crippen LogP contribution in [0.25, 0.3) is 0 Å². The molecule has 4 nitrogen and oxygen atoms in total. The lowest BCUT2D eigenvalue weighted by atomic mass is 10.1. The van der Waals surface area contributed by atoms with Gasteiger partial charge in [0.2, 0.25) is 0 Å². The highest BCUT2D eigenvalue weighted by Crippen LogP contribution is 2.22. The summed E-state index contributed by atoms with van der Waals surface area (Å²) in [7, 11) is 0. The molecule has 4 heteroatoms. The lowest BCUT2D eigenvalue weighted by molar-refractivity contribution is -0.127. The maximum absolute atomic E-state index is 12.1. The van der Waals surface area contributed by atoms with Crippen LogP contribution < -0.4 is 10.1 Å². The molecule has 2 unspecified atom stereocenters. The fraction of sp³-hybridized carbons (Fsp3) is 0.529. The number of hydrogen-bond acceptors (Lipinski definition) is 3. The summed E-state index contributed by atoms with van der Waals surface area (Å²) in [5, 5.41) is 2.91. The van der Waals surface area contributed by atoms with Crippen molar-refractivity contribution in [3.63, 3.8) is 0 Å². The Bertz CT molecular complexity index is 511. The van der Waals surface area contributed by atoms with Crippen LogP contribution in [0.1, 0.15) is 56.5 Å². The van der Waals surface area contributed by atoms with E-state index in [1.807, 2.05) is 19.9 Å². The van der Waals surface area contributed by atoms with Crippen LogP contribution in [0.4, 0.5) is 0 Å². The van der Waals surface area contributed by atoms with E-state index in [1.54, 1.807) is 19.1 Å². The summed E-state index contributed by atoms with van der Waals surface area (Å²) in [4.78, 5) is 23.7. The molecule has 0 aliphatic carbocycles. The molecule has 21 heavy (non-hydrogen) atoms. The molecule has 0 aliphatic rings. The summed E-state index contributed by atoms with van der Waals surface area (Å²) in [6, 6.07) is 5.51. The predicted octanol–water partition coefficient (Wildman–Crippen LogP) is 3.27. The molecule has 1 aromatic carbocycles. The number of benzene rings is 1. The third-order valence-electron chi connectivity index (χ3n) is 3.30. The molecule has 0 spiro atoms. The van der Waals surface area contributed by atoms with Crippen LogP contribution in [-0.4, -0.2) is 23.8 Å². The first-order chi connectivity index (χ1) is 9.85. The van der Waals surface area contributed by atoms with E-state index in [4.69, 9.17) is 4.74 Å². The number of aryl methyl sites for hydroxylation is 1. The van der Waals surface area contributed by atoms with E-state index in [-0.39, 0.29) is 17.7 Å². The van der Waals surface area contributed by atoms with Crippen LogP contribution >= 0.6 is 0 Å². The van der Waals surface area contributed by atoms with E-state index in [1.165, 1.54) is 6.92 Å². The number of hydrogen-bond donors (Lipinski definition) is 1. The van der Waals surface area contributed by atoms with Crippen molar-refractivity contribution in [2.75, 3.05) is 0 Å². The van der Waals surface area contributed by atoms with E-state index in [0.717, 1.165) is 18.4 Å². The Labute approximate surface area is 126 Å². The van der Waals surface area contributed by atoms with Gasteiger partial charge in [-0.1, -0.05) is 25.0 Å². The lowest BCUT2D eigenvalue weighted by Gasteiger charge is -2.19. The Kier molecular flexibility index (Phi) is 6.40. The van der Waals surface area contributed by atoms with Gasteiger partial charge < -0.3 is 10.1 Å². The van der Waals surface area contributed by atoms with Gasteiger partial charge >= 0.3 is 0 Å². The third kappa shape index (κ3) is 5.21. The van der Waals surface area contributed by atoms with Gasteiger partial charge in [-0.2, -0.15) is 0 Å². The lowest BCUT2D eigenvalue weighted by Crippen LogP contribution is -2.41. The highest BCUT2D eigenvalue weighted by molar-refractivity contribution is 5.97. The number of ether oxygens (including phenoxy) is 1. The van der Waals surface area contributed by atoms with Crippen LogP contribution in [-0.2, 0) is 4.79 Å². The molecule has 1 aromatic rings. The fourth-order valence-electron chi connectivity index (χ4n) is 2.13. The quantitative estimate of drug-likeness (QED) is 0.784. The van der Waals surface area contributed by atoms with Gasteiger partial charge in [0.05, 0.1) is 5.56 Å². The highest BCUT2D eigenvalue weighted by Gasteiger charge is 2.19. The number of nitrogens with one attached hydrogen (secondary N) is 1. The van der Waals surface area contributed by atoms with Crippen LogP contribution in [0.3, 0.4) is 0 Å². The Morgan fingerprint density at radius 2 is 1.95 bits per heavy atom. The number of amides is 1. The summed E-state index contributed by atoms with van der Waals surface area (Å²) in [6.45, 7) is 9.15. The summed E-state index contributed by atoms with van der Waals surface area (Å²) in [5.41, 5.74) is 1.50. The maximum Gasteiger partial charge on any atom is 0.260 e. The van der Waals surface area contributed by atoms with E-state index < -0.39 is 6.10 Å². The molecular weight excluding hydrogens is 266 g/mol. The Morgan fingerprint density at radius 1 is 1.29 bits per heavy atom. The molecule has 2 atom stereocenters. The van der Waals surface area contributed by atoms with E-state index in [2.05, 4.69) is 12.2 Å². The normalized spacial score (nSPS) is 13.4. The van der Waals surface area contributed by atoms with E-state index >= 15 is 0 Å². The Hall–Kier alpha value is -1.84. The van der Waals surface area contributed by atoms with Crippen LogP contribution in [0.2, 0.25) is 0 Å². The van der Waals surface area contributed by atoms with Crippen molar-refractivity contribution in [1.82, 2.24) is 5.32 Å². The van der Waals surface area contributed by atoms with Gasteiger partial charge in [0.15, 0.2) is 11.9 Å². The second-order valence-corrected chi connectivity index (χ2v) is 5.51. The Balaban J connectivity index is 2.76. The predicted molar refractivity (Wildman–Crippen MR) is 83.8 cm³/mol. The average Bonchev–Trinajstić information content (AvgIpc) is 2.40. The standard InChI is InChI=1S/C17H25NO3/c1-6-7-12(3)18-17(20)14(5)21-16-9-8-11(2)10-15(16)13(4)19/h8-10,12,14H,6-7H2,1-5H3,(H,18,20). The molecular formula is C17H25NO3. The molecule has 0 radical (unpaired) electrons. The van der Waals surface area contributed by atoms with Gasteiger partial charge in [0.1, 0.15) is 5.75 Å². The zero-order valence-electron chi connectivity index (χ0n) is 13.5. The first-order valence-electron chi connectivity index (χ1n) is 7.43. The average molecular weight is 291 g/mol. The van der Waals surface area contributed by atoms with Crippen LogP contribution in [0.15, 0.2) is 18.2 Å². The molecule has 0 saturated carbocycles.